The molecule has 3 rings (SSSR count). The first-order valence-electron chi connectivity index (χ1n) is 6.88. The van der Waals surface area contributed by atoms with E-state index in [2.05, 4.69) is 30.4 Å². The van der Waals surface area contributed by atoms with Crippen LogP contribution in [0.5, 0.6) is 5.75 Å². The first-order valence-corrected chi connectivity index (χ1v) is 7.26. The number of aryl methyl sites for hydroxylation is 1. The van der Waals surface area contributed by atoms with Gasteiger partial charge in [0.05, 0.1) is 0 Å². The first-order chi connectivity index (χ1) is 9.67. The van der Waals surface area contributed by atoms with Crippen LogP contribution in [-0.4, -0.2) is 19.7 Å². The number of hydrogen-bond donors (Lipinski definition) is 1. The van der Waals surface area contributed by atoms with Gasteiger partial charge in [0.25, 0.3) is 0 Å². The van der Waals surface area contributed by atoms with Crippen LogP contribution < -0.4 is 10.1 Å². The number of hydrogen-bond acceptors (Lipinski definition) is 2. The maximum absolute atomic E-state index is 6.12. The Bertz CT molecular complexity index is 639. The third kappa shape index (κ3) is 2.54. The van der Waals surface area contributed by atoms with Crippen molar-refractivity contribution in [3.63, 3.8) is 0 Å². The number of fused-ring (bicyclic) bond motifs is 1. The Balaban J connectivity index is 2.05. The summed E-state index contributed by atoms with van der Waals surface area (Å²) in [7, 11) is 1.95. The van der Waals surface area contributed by atoms with Crippen LogP contribution in [0.4, 0.5) is 0 Å². The van der Waals surface area contributed by atoms with Crippen molar-refractivity contribution in [1.82, 2.24) is 5.32 Å². The zero-order chi connectivity index (χ0) is 14.1. The molecule has 1 heterocycles. The van der Waals surface area contributed by atoms with E-state index in [1.807, 2.05) is 25.2 Å². The molecule has 1 atom stereocenters. The largest absolute Gasteiger partial charge is 0.488 e. The number of nitrogens with one attached hydrogen (secondary N) is 1. The standard InChI is InChI=1S/C17H18ClNO/c1-11-6-13-9-15(10-19-2)20-17(13)16(7-11)12-4-3-5-14(18)8-12/h3-8,15,19H,9-10H2,1-2H3/t15-/m1/s1. The van der Waals surface area contributed by atoms with E-state index in [0.29, 0.717) is 0 Å². The molecule has 0 saturated heterocycles. The molecule has 0 aliphatic carbocycles. The van der Waals surface area contributed by atoms with Crippen LogP contribution in [0.3, 0.4) is 0 Å². The smallest absolute Gasteiger partial charge is 0.130 e. The zero-order valence-corrected chi connectivity index (χ0v) is 12.5. The van der Waals surface area contributed by atoms with E-state index >= 15 is 0 Å². The highest BCUT2D eigenvalue weighted by atomic mass is 35.5. The molecule has 0 unspecified atom stereocenters. The maximum atomic E-state index is 6.12. The van der Waals surface area contributed by atoms with Crippen molar-refractivity contribution in [3.8, 4) is 16.9 Å². The molecule has 2 aromatic carbocycles. The number of likely N-dealkylation sites (N-methyl/N-ethyl adjacent to an activating group) is 1. The minimum atomic E-state index is 0.217. The molecule has 0 spiro atoms. The van der Waals surface area contributed by atoms with E-state index < -0.39 is 0 Å². The summed E-state index contributed by atoms with van der Waals surface area (Å²) >= 11 is 6.11. The van der Waals surface area contributed by atoms with E-state index in [-0.39, 0.29) is 6.10 Å². The number of rotatable bonds is 3. The topological polar surface area (TPSA) is 21.3 Å². The molecule has 2 nitrogen and oxygen atoms in total. The van der Waals surface area contributed by atoms with E-state index in [1.54, 1.807) is 0 Å². The maximum Gasteiger partial charge on any atom is 0.130 e. The predicted octanol–water partition coefficient (Wildman–Crippen LogP) is 3.84. The summed E-state index contributed by atoms with van der Waals surface area (Å²) in [6.45, 7) is 2.99. The molecule has 0 radical (unpaired) electrons. The van der Waals surface area contributed by atoms with Crippen molar-refractivity contribution in [3.05, 3.63) is 52.5 Å². The molecule has 1 aliphatic rings. The monoisotopic (exact) mass is 287 g/mol. The quantitative estimate of drug-likeness (QED) is 0.926. The van der Waals surface area contributed by atoms with E-state index in [0.717, 1.165) is 34.9 Å². The predicted molar refractivity (Wildman–Crippen MR) is 83.7 cm³/mol. The summed E-state index contributed by atoms with van der Waals surface area (Å²) < 4.78 is 6.12. The molecule has 3 heteroatoms. The lowest BCUT2D eigenvalue weighted by Gasteiger charge is -2.13. The minimum Gasteiger partial charge on any atom is -0.488 e. The molecule has 2 aromatic rings. The highest BCUT2D eigenvalue weighted by Crippen LogP contribution is 2.40. The van der Waals surface area contributed by atoms with E-state index in [9.17, 15) is 0 Å². The third-order valence-electron chi connectivity index (χ3n) is 3.61. The van der Waals surface area contributed by atoms with Crippen LogP contribution in [0.15, 0.2) is 36.4 Å². The lowest BCUT2D eigenvalue weighted by Crippen LogP contribution is -2.27. The van der Waals surface area contributed by atoms with Crippen LogP contribution in [-0.2, 0) is 6.42 Å². The molecule has 0 fully saturated rings. The summed E-state index contributed by atoms with van der Waals surface area (Å²) in [5.41, 5.74) is 4.80. The van der Waals surface area contributed by atoms with Crippen molar-refractivity contribution < 1.29 is 4.74 Å². The Morgan fingerprint density at radius 3 is 2.90 bits per heavy atom. The molecular formula is C17H18ClNO. The average Bonchev–Trinajstić information content (AvgIpc) is 2.80. The number of ether oxygens (including phenoxy) is 1. The molecule has 0 amide bonds. The molecule has 104 valence electrons. The summed E-state index contributed by atoms with van der Waals surface area (Å²) in [6.07, 6.45) is 1.18. The van der Waals surface area contributed by atoms with Gasteiger partial charge in [-0.3, -0.25) is 0 Å². The van der Waals surface area contributed by atoms with Crippen molar-refractivity contribution in [1.29, 1.82) is 0 Å². The van der Waals surface area contributed by atoms with Crippen molar-refractivity contribution in [2.24, 2.45) is 0 Å². The van der Waals surface area contributed by atoms with Crippen LogP contribution in [0.2, 0.25) is 5.02 Å². The van der Waals surface area contributed by atoms with Crippen molar-refractivity contribution >= 4 is 11.6 Å². The molecule has 0 saturated carbocycles. The zero-order valence-electron chi connectivity index (χ0n) is 11.7. The fraction of sp³-hybridized carbons (Fsp3) is 0.294. The Kier molecular flexibility index (Phi) is 3.68. The number of benzene rings is 2. The average molecular weight is 288 g/mol. The fourth-order valence-corrected chi connectivity index (χ4v) is 2.99. The highest BCUT2D eigenvalue weighted by molar-refractivity contribution is 6.30. The van der Waals surface area contributed by atoms with Gasteiger partial charge in [-0.15, -0.1) is 0 Å². The number of halogens is 1. The van der Waals surface area contributed by atoms with Crippen LogP contribution in [0, 0.1) is 6.92 Å². The van der Waals surface area contributed by atoms with E-state index in [1.165, 1.54) is 11.1 Å². The van der Waals surface area contributed by atoms with Crippen molar-refractivity contribution in [2.45, 2.75) is 19.4 Å². The summed E-state index contributed by atoms with van der Waals surface area (Å²) in [5, 5.41) is 3.93. The van der Waals surface area contributed by atoms with Gasteiger partial charge < -0.3 is 10.1 Å². The minimum absolute atomic E-state index is 0.217. The molecule has 0 aromatic heterocycles. The Hall–Kier alpha value is -1.51. The second-order valence-corrected chi connectivity index (χ2v) is 5.75. The van der Waals surface area contributed by atoms with Gasteiger partial charge in [0, 0.05) is 23.6 Å². The van der Waals surface area contributed by atoms with Crippen LogP contribution in [0.25, 0.3) is 11.1 Å². The molecule has 1 N–H and O–H groups in total. The highest BCUT2D eigenvalue weighted by Gasteiger charge is 2.25. The van der Waals surface area contributed by atoms with Gasteiger partial charge in [-0.05, 0) is 48.9 Å². The second kappa shape index (κ2) is 5.47. The van der Waals surface area contributed by atoms with Gasteiger partial charge in [0.1, 0.15) is 11.9 Å². The Labute approximate surface area is 124 Å². The third-order valence-corrected chi connectivity index (χ3v) is 3.84. The van der Waals surface area contributed by atoms with Crippen LogP contribution in [0.1, 0.15) is 11.1 Å². The van der Waals surface area contributed by atoms with E-state index in [4.69, 9.17) is 16.3 Å². The molecule has 0 bridgehead atoms. The second-order valence-electron chi connectivity index (χ2n) is 5.31. The lowest BCUT2D eigenvalue weighted by molar-refractivity contribution is 0.232. The summed E-state index contributed by atoms with van der Waals surface area (Å²) in [5.74, 6) is 1.01. The van der Waals surface area contributed by atoms with Gasteiger partial charge in [-0.25, -0.2) is 0 Å². The Morgan fingerprint density at radius 1 is 1.30 bits per heavy atom. The van der Waals surface area contributed by atoms with Crippen LogP contribution >= 0.6 is 11.6 Å². The normalized spacial score (nSPS) is 16.9. The van der Waals surface area contributed by atoms with Crippen molar-refractivity contribution in [2.75, 3.05) is 13.6 Å². The molecule has 20 heavy (non-hydrogen) atoms. The first kappa shape index (κ1) is 13.5. The lowest BCUT2D eigenvalue weighted by atomic mass is 9.98. The SMILES string of the molecule is CNC[C@H]1Cc2cc(C)cc(-c3cccc(Cl)c3)c2O1. The van der Waals surface area contributed by atoms with Gasteiger partial charge in [-0.2, -0.15) is 0 Å². The van der Waals surface area contributed by atoms with Gasteiger partial charge in [0.15, 0.2) is 0 Å². The van der Waals surface area contributed by atoms with Gasteiger partial charge in [0.2, 0.25) is 0 Å². The Morgan fingerprint density at radius 2 is 2.15 bits per heavy atom. The summed E-state index contributed by atoms with van der Waals surface area (Å²) in [6, 6.07) is 12.3. The van der Waals surface area contributed by atoms with Gasteiger partial charge >= 0.3 is 0 Å². The molecule has 1 aliphatic heterocycles. The molecular weight excluding hydrogens is 270 g/mol. The fourth-order valence-electron chi connectivity index (χ4n) is 2.80. The van der Waals surface area contributed by atoms with Gasteiger partial charge in [-0.1, -0.05) is 29.8 Å². The summed E-state index contributed by atoms with van der Waals surface area (Å²) in [4.78, 5) is 0.